The van der Waals surface area contributed by atoms with Crippen LogP contribution in [0.1, 0.15) is 20.8 Å². The number of hydrogen-bond donors (Lipinski definition) is 2. The zero-order valence-corrected chi connectivity index (χ0v) is 9.93. The molecule has 0 saturated carbocycles. The average Bonchev–Trinajstić information content (AvgIpc) is 1.99. The Balaban J connectivity index is 4.15. The van der Waals surface area contributed by atoms with Crippen LogP contribution in [0.3, 0.4) is 0 Å². The van der Waals surface area contributed by atoms with Gasteiger partial charge in [0.2, 0.25) is 10.0 Å². The summed E-state index contributed by atoms with van der Waals surface area (Å²) in [6.45, 7) is 4.50. The number of aliphatic hydroxyl groups is 1. The van der Waals surface area contributed by atoms with Crippen molar-refractivity contribution in [2.75, 3.05) is 18.9 Å². The lowest BCUT2D eigenvalue weighted by Gasteiger charge is -2.17. The highest BCUT2D eigenvalue weighted by molar-refractivity contribution is 7.90. The van der Waals surface area contributed by atoms with E-state index in [-0.39, 0.29) is 13.2 Å². The van der Waals surface area contributed by atoms with Crippen LogP contribution in [0.15, 0.2) is 0 Å². The van der Waals surface area contributed by atoms with E-state index in [1.807, 2.05) is 0 Å². The molecule has 0 amide bonds. The number of esters is 1. The van der Waals surface area contributed by atoms with Crippen LogP contribution >= 0.6 is 0 Å². The Hall–Kier alpha value is -0.660. The first-order valence-electron chi connectivity index (χ1n) is 4.51. The Bertz CT molecular complexity index is 303. The molecule has 15 heavy (non-hydrogen) atoms. The van der Waals surface area contributed by atoms with Gasteiger partial charge in [-0.15, -0.1) is 0 Å². The molecule has 0 unspecified atom stereocenters. The Morgan fingerprint density at radius 3 is 2.40 bits per heavy atom. The third kappa shape index (κ3) is 8.34. The molecule has 0 atom stereocenters. The van der Waals surface area contributed by atoms with E-state index in [1.54, 1.807) is 6.92 Å². The lowest BCUT2D eigenvalue weighted by Crippen LogP contribution is -2.40. The Morgan fingerprint density at radius 2 is 2.00 bits per heavy atom. The third-order valence-electron chi connectivity index (χ3n) is 1.34. The molecule has 2 N–H and O–H groups in total. The summed E-state index contributed by atoms with van der Waals surface area (Å²) >= 11 is 0. The van der Waals surface area contributed by atoms with E-state index in [0.29, 0.717) is 0 Å². The summed E-state index contributed by atoms with van der Waals surface area (Å²) < 4.78 is 29.1. The molecule has 90 valence electrons. The van der Waals surface area contributed by atoms with Crippen molar-refractivity contribution in [3.8, 4) is 0 Å². The van der Waals surface area contributed by atoms with Crippen molar-refractivity contribution in [3.05, 3.63) is 0 Å². The highest BCUT2D eigenvalue weighted by Gasteiger charge is 2.21. The van der Waals surface area contributed by atoms with Gasteiger partial charge in [0.25, 0.3) is 0 Å². The van der Waals surface area contributed by atoms with E-state index in [9.17, 15) is 18.3 Å². The summed E-state index contributed by atoms with van der Waals surface area (Å²) in [6, 6.07) is 0. The molecule has 0 aromatic heterocycles. The molecular formula is C8H17NO5S. The number of carbonyl (C=O) groups is 1. The van der Waals surface area contributed by atoms with Gasteiger partial charge < -0.3 is 9.84 Å². The maximum absolute atomic E-state index is 11.2. The molecule has 0 aromatic rings. The molecule has 0 fully saturated rings. The van der Waals surface area contributed by atoms with Crippen molar-refractivity contribution >= 4 is 16.0 Å². The maximum Gasteiger partial charge on any atom is 0.322 e. The minimum absolute atomic E-state index is 0.139. The van der Waals surface area contributed by atoms with Crippen molar-refractivity contribution in [2.45, 2.75) is 26.4 Å². The van der Waals surface area contributed by atoms with E-state index in [4.69, 9.17) is 0 Å². The minimum Gasteiger partial charge on any atom is -0.465 e. The first-order chi connectivity index (χ1) is 6.66. The molecule has 0 aromatic carbocycles. The summed E-state index contributed by atoms with van der Waals surface area (Å²) in [5.74, 6) is -1.53. The molecule has 0 aliphatic rings. The Labute approximate surface area is 89.7 Å². The van der Waals surface area contributed by atoms with E-state index in [1.165, 1.54) is 13.8 Å². The SMILES string of the molecule is CCOC(=O)CS(=O)(=O)NCC(C)(C)O. The third-order valence-corrected chi connectivity index (χ3v) is 2.54. The first-order valence-corrected chi connectivity index (χ1v) is 6.17. The van der Waals surface area contributed by atoms with Gasteiger partial charge in [-0.1, -0.05) is 0 Å². The predicted octanol–water partition coefficient (Wildman–Crippen LogP) is -0.760. The van der Waals surface area contributed by atoms with Crippen molar-refractivity contribution in [1.29, 1.82) is 0 Å². The fourth-order valence-electron chi connectivity index (χ4n) is 0.695. The van der Waals surface area contributed by atoms with Gasteiger partial charge in [-0.3, -0.25) is 4.79 Å². The van der Waals surface area contributed by atoms with Gasteiger partial charge in [-0.2, -0.15) is 0 Å². The van der Waals surface area contributed by atoms with Gasteiger partial charge in [0, 0.05) is 6.54 Å². The van der Waals surface area contributed by atoms with E-state index in [2.05, 4.69) is 9.46 Å². The summed E-state index contributed by atoms with van der Waals surface area (Å²) in [6.07, 6.45) is 0. The highest BCUT2D eigenvalue weighted by atomic mass is 32.2. The quantitative estimate of drug-likeness (QED) is 0.594. The average molecular weight is 239 g/mol. The monoisotopic (exact) mass is 239 g/mol. The van der Waals surface area contributed by atoms with Crippen LogP contribution in [0.4, 0.5) is 0 Å². The molecular weight excluding hydrogens is 222 g/mol. The van der Waals surface area contributed by atoms with Crippen LogP contribution in [0.5, 0.6) is 0 Å². The van der Waals surface area contributed by atoms with Gasteiger partial charge in [0.1, 0.15) is 0 Å². The summed E-state index contributed by atoms with van der Waals surface area (Å²) in [4.78, 5) is 10.9. The first kappa shape index (κ1) is 14.3. The smallest absolute Gasteiger partial charge is 0.322 e. The Kier molecular flexibility index (Phi) is 5.19. The summed E-state index contributed by atoms with van der Waals surface area (Å²) in [7, 11) is -3.72. The fraction of sp³-hybridized carbons (Fsp3) is 0.875. The van der Waals surface area contributed by atoms with E-state index < -0.39 is 27.3 Å². The van der Waals surface area contributed by atoms with Crippen LogP contribution < -0.4 is 4.72 Å². The van der Waals surface area contributed by atoms with Crippen LogP contribution in [0.2, 0.25) is 0 Å². The van der Waals surface area contributed by atoms with Gasteiger partial charge in [0.15, 0.2) is 5.75 Å². The number of nitrogens with one attached hydrogen (secondary N) is 1. The second-order valence-corrected chi connectivity index (χ2v) is 5.50. The van der Waals surface area contributed by atoms with Crippen LogP contribution in [0, 0.1) is 0 Å². The molecule has 0 radical (unpaired) electrons. The topological polar surface area (TPSA) is 92.7 Å². The molecule has 0 bridgehead atoms. The molecule has 0 aliphatic heterocycles. The van der Waals surface area contributed by atoms with Gasteiger partial charge in [0.05, 0.1) is 12.2 Å². The molecule has 0 saturated heterocycles. The normalized spacial score (nSPS) is 12.5. The molecule has 6 nitrogen and oxygen atoms in total. The van der Waals surface area contributed by atoms with Crippen molar-refractivity contribution in [1.82, 2.24) is 4.72 Å². The number of carbonyl (C=O) groups excluding carboxylic acids is 1. The van der Waals surface area contributed by atoms with Crippen molar-refractivity contribution in [2.24, 2.45) is 0 Å². The van der Waals surface area contributed by atoms with Crippen molar-refractivity contribution in [3.63, 3.8) is 0 Å². The zero-order chi connectivity index (χ0) is 12.1. The standard InChI is InChI=1S/C8H17NO5S/c1-4-14-7(10)5-15(12,13)9-6-8(2,3)11/h9,11H,4-6H2,1-3H3. The maximum atomic E-state index is 11.2. The number of ether oxygens (including phenoxy) is 1. The van der Waals surface area contributed by atoms with Crippen LogP contribution in [0.25, 0.3) is 0 Å². The molecule has 0 rings (SSSR count). The zero-order valence-electron chi connectivity index (χ0n) is 9.11. The molecule has 7 heteroatoms. The second-order valence-electron chi connectivity index (χ2n) is 3.70. The van der Waals surface area contributed by atoms with E-state index in [0.717, 1.165) is 0 Å². The number of rotatable bonds is 6. The molecule has 0 heterocycles. The number of sulfonamides is 1. The summed E-state index contributed by atoms with van der Waals surface area (Å²) in [5, 5.41) is 9.28. The summed E-state index contributed by atoms with van der Waals surface area (Å²) in [5.41, 5.74) is -1.15. The predicted molar refractivity (Wildman–Crippen MR) is 54.7 cm³/mol. The minimum atomic E-state index is -3.72. The van der Waals surface area contributed by atoms with Crippen LogP contribution in [-0.4, -0.2) is 44.0 Å². The highest BCUT2D eigenvalue weighted by Crippen LogP contribution is 1.99. The van der Waals surface area contributed by atoms with Gasteiger partial charge in [-0.25, -0.2) is 13.1 Å². The Morgan fingerprint density at radius 1 is 1.47 bits per heavy atom. The largest absolute Gasteiger partial charge is 0.465 e. The van der Waals surface area contributed by atoms with Gasteiger partial charge >= 0.3 is 5.97 Å². The second kappa shape index (κ2) is 5.43. The molecule has 0 aliphatic carbocycles. The lowest BCUT2D eigenvalue weighted by molar-refractivity contribution is -0.139. The van der Waals surface area contributed by atoms with E-state index >= 15 is 0 Å². The van der Waals surface area contributed by atoms with Crippen molar-refractivity contribution < 1.29 is 23.1 Å². The molecule has 0 spiro atoms. The number of hydrogen-bond acceptors (Lipinski definition) is 5. The van der Waals surface area contributed by atoms with Gasteiger partial charge in [-0.05, 0) is 20.8 Å². The fourth-order valence-corrected chi connectivity index (χ4v) is 1.76. The van der Waals surface area contributed by atoms with Crippen LogP contribution in [-0.2, 0) is 19.6 Å². The lowest BCUT2D eigenvalue weighted by atomic mass is 10.1.